The van der Waals surface area contributed by atoms with E-state index in [-0.39, 0.29) is 6.54 Å². The van der Waals surface area contributed by atoms with Crippen molar-refractivity contribution in [3.63, 3.8) is 0 Å². The van der Waals surface area contributed by atoms with E-state index < -0.39 is 18.0 Å². The van der Waals surface area contributed by atoms with Crippen LogP contribution in [0.15, 0.2) is 0 Å². The number of aliphatic carboxylic acids is 1. The number of hydrogen-bond donors (Lipinski definition) is 2. The molecule has 1 aliphatic heterocycles. The van der Waals surface area contributed by atoms with Gasteiger partial charge in [-0.05, 0) is 12.8 Å². The highest BCUT2D eigenvalue weighted by molar-refractivity contribution is 5.83. The predicted molar refractivity (Wildman–Crippen MR) is 49.6 cm³/mol. The molecule has 5 nitrogen and oxygen atoms in total. The topological polar surface area (TPSA) is 69.6 Å². The van der Waals surface area contributed by atoms with Crippen molar-refractivity contribution in [2.75, 3.05) is 13.1 Å². The maximum atomic E-state index is 11.4. The number of terminal acetylenes is 1. The number of carboxylic acids is 1. The molecule has 0 aromatic heterocycles. The van der Waals surface area contributed by atoms with Crippen molar-refractivity contribution in [3.05, 3.63) is 0 Å². The SMILES string of the molecule is C#CCNC(=O)N1CCC[C@H]1C(=O)O. The minimum atomic E-state index is -0.960. The smallest absolute Gasteiger partial charge is 0.326 e. The molecule has 1 fully saturated rings. The largest absolute Gasteiger partial charge is 0.480 e. The van der Waals surface area contributed by atoms with Crippen LogP contribution in [0, 0.1) is 12.3 Å². The number of nitrogens with one attached hydrogen (secondary N) is 1. The van der Waals surface area contributed by atoms with E-state index in [0.29, 0.717) is 13.0 Å². The second kappa shape index (κ2) is 4.51. The van der Waals surface area contributed by atoms with Crippen molar-refractivity contribution < 1.29 is 14.7 Å². The summed E-state index contributed by atoms with van der Waals surface area (Å²) in [6, 6.07) is -1.10. The van der Waals surface area contributed by atoms with Crippen molar-refractivity contribution in [2.45, 2.75) is 18.9 Å². The number of carbonyl (C=O) groups excluding carboxylic acids is 1. The summed E-state index contributed by atoms with van der Waals surface area (Å²) < 4.78 is 0. The standard InChI is InChI=1S/C9H12N2O3/c1-2-5-10-9(14)11-6-3-4-7(11)8(12)13/h1,7H,3-6H2,(H,10,14)(H,12,13)/t7-/m0/s1. The summed E-state index contributed by atoms with van der Waals surface area (Å²) in [6.07, 6.45) is 6.21. The Kier molecular flexibility index (Phi) is 3.35. The molecule has 1 atom stereocenters. The Morgan fingerprint density at radius 1 is 1.64 bits per heavy atom. The fourth-order valence-corrected chi connectivity index (χ4v) is 1.49. The highest BCUT2D eigenvalue weighted by Crippen LogP contribution is 2.16. The van der Waals surface area contributed by atoms with Crippen molar-refractivity contribution >= 4 is 12.0 Å². The predicted octanol–water partition coefficient (Wildman–Crippen LogP) is -0.122. The third-order valence-electron chi connectivity index (χ3n) is 2.14. The van der Waals surface area contributed by atoms with Gasteiger partial charge in [0, 0.05) is 6.54 Å². The van der Waals surface area contributed by atoms with Crippen LogP contribution in [0.4, 0.5) is 4.79 Å². The van der Waals surface area contributed by atoms with Gasteiger partial charge in [0.05, 0.1) is 6.54 Å². The molecule has 5 heteroatoms. The molecule has 0 aromatic carbocycles. The fourth-order valence-electron chi connectivity index (χ4n) is 1.49. The highest BCUT2D eigenvalue weighted by atomic mass is 16.4. The molecule has 1 saturated heterocycles. The minimum absolute atomic E-state index is 0.127. The van der Waals surface area contributed by atoms with Crippen LogP contribution in [-0.4, -0.2) is 41.1 Å². The molecular formula is C9H12N2O3. The van der Waals surface area contributed by atoms with Gasteiger partial charge in [-0.25, -0.2) is 9.59 Å². The van der Waals surface area contributed by atoms with Crippen molar-refractivity contribution in [3.8, 4) is 12.3 Å². The van der Waals surface area contributed by atoms with Gasteiger partial charge in [0.2, 0.25) is 0 Å². The van der Waals surface area contributed by atoms with Crippen LogP contribution in [0.3, 0.4) is 0 Å². The molecule has 76 valence electrons. The molecule has 2 N–H and O–H groups in total. The van der Waals surface area contributed by atoms with Crippen LogP contribution in [0.25, 0.3) is 0 Å². The van der Waals surface area contributed by atoms with E-state index in [1.165, 1.54) is 4.90 Å². The Bertz CT molecular complexity index is 282. The lowest BCUT2D eigenvalue weighted by atomic mass is 10.2. The molecule has 1 rings (SSSR count). The second-order valence-corrected chi connectivity index (χ2v) is 3.05. The highest BCUT2D eigenvalue weighted by Gasteiger charge is 2.33. The normalized spacial score (nSPS) is 20.2. The third-order valence-corrected chi connectivity index (χ3v) is 2.14. The van der Waals surface area contributed by atoms with Crippen LogP contribution >= 0.6 is 0 Å². The van der Waals surface area contributed by atoms with Crippen molar-refractivity contribution in [1.82, 2.24) is 10.2 Å². The second-order valence-electron chi connectivity index (χ2n) is 3.05. The van der Waals surface area contributed by atoms with E-state index in [2.05, 4.69) is 11.2 Å². The van der Waals surface area contributed by atoms with Crippen molar-refractivity contribution in [1.29, 1.82) is 0 Å². The number of hydrogen-bond acceptors (Lipinski definition) is 2. The van der Waals surface area contributed by atoms with Gasteiger partial charge in [-0.3, -0.25) is 0 Å². The average molecular weight is 196 g/mol. The molecule has 2 amide bonds. The molecule has 0 radical (unpaired) electrons. The van der Waals surface area contributed by atoms with E-state index in [9.17, 15) is 9.59 Å². The molecule has 0 aromatic rings. The number of carboxylic acid groups (broad SMARTS) is 1. The Labute approximate surface area is 82.1 Å². The van der Waals surface area contributed by atoms with Gasteiger partial charge >= 0.3 is 12.0 Å². The maximum absolute atomic E-state index is 11.4. The molecule has 0 saturated carbocycles. The van der Waals surface area contributed by atoms with E-state index in [0.717, 1.165) is 6.42 Å². The summed E-state index contributed by atoms with van der Waals surface area (Å²) in [5.74, 6) is 1.30. The maximum Gasteiger partial charge on any atom is 0.326 e. The Morgan fingerprint density at radius 3 is 2.93 bits per heavy atom. The first-order valence-electron chi connectivity index (χ1n) is 4.37. The van der Waals surface area contributed by atoms with Crippen LogP contribution in [-0.2, 0) is 4.79 Å². The van der Waals surface area contributed by atoms with Gasteiger partial charge < -0.3 is 15.3 Å². The van der Waals surface area contributed by atoms with Gasteiger partial charge in [-0.2, -0.15) is 0 Å². The lowest BCUT2D eigenvalue weighted by Gasteiger charge is -2.20. The first kappa shape index (κ1) is 10.4. The molecular weight excluding hydrogens is 184 g/mol. The van der Waals surface area contributed by atoms with E-state index in [4.69, 9.17) is 11.5 Å². The number of carbonyl (C=O) groups is 2. The number of likely N-dealkylation sites (tertiary alicyclic amines) is 1. The molecule has 0 aliphatic carbocycles. The molecule has 1 aliphatic rings. The first-order valence-corrected chi connectivity index (χ1v) is 4.37. The number of rotatable bonds is 2. The molecule has 0 bridgehead atoms. The monoisotopic (exact) mass is 196 g/mol. The van der Waals surface area contributed by atoms with Gasteiger partial charge in [0.1, 0.15) is 6.04 Å². The summed E-state index contributed by atoms with van der Waals surface area (Å²) in [5, 5.41) is 11.2. The minimum Gasteiger partial charge on any atom is -0.480 e. The average Bonchev–Trinajstić information content (AvgIpc) is 2.62. The van der Waals surface area contributed by atoms with Crippen LogP contribution < -0.4 is 5.32 Å². The lowest BCUT2D eigenvalue weighted by Crippen LogP contribution is -2.46. The number of urea groups is 1. The van der Waals surface area contributed by atoms with Crippen LogP contribution in [0.1, 0.15) is 12.8 Å². The zero-order valence-corrected chi connectivity index (χ0v) is 7.69. The van der Waals surface area contributed by atoms with Gasteiger partial charge in [-0.15, -0.1) is 6.42 Å². The summed E-state index contributed by atoms with van der Waals surface area (Å²) in [5.41, 5.74) is 0. The molecule has 0 unspecified atom stereocenters. The van der Waals surface area contributed by atoms with E-state index in [1.54, 1.807) is 0 Å². The Balaban J connectivity index is 2.54. The molecule has 14 heavy (non-hydrogen) atoms. The summed E-state index contributed by atoms with van der Waals surface area (Å²) in [6.45, 7) is 0.606. The first-order chi connectivity index (χ1) is 6.66. The number of nitrogens with zero attached hydrogens (tertiary/aromatic N) is 1. The van der Waals surface area contributed by atoms with Crippen LogP contribution in [0.2, 0.25) is 0 Å². The molecule has 1 heterocycles. The van der Waals surface area contributed by atoms with Gasteiger partial charge in [0.15, 0.2) is 0 Å². The van der Waals surface area contributed by atoms with E-state index in [1.807, 2.05) is 0 Å². The van der Waals surface area contributed by atoms with E-state index >= 15 is 0 Å². The zero-order valence-electron chi connectivity index (χ0n) is 7.69. The van der Waals surface area contributed by atoms with Gasteiger partial charge in [-0.1, -0.05) is 5.92 Å². The Morgan fingerprint density at radius 2 is 2.36 bits per heavy atom. The van der Waals surface area contributed by atoms with Gasteiger partial charge in [0.25, 0.3) is 0 Å². The quantitative estimate of drug-likeness (QED) is 0.605. The fraction of sp³-hybridized carbons (Fsp3) is 0.556. The van der Waals surface area contributed by atoms with Crippen molar-refractivity contribution in [2.24, 2.45) is 0 Å². The lowest BCUT2D eigenvalue weighted by molar-refractivity contribution is -0.141. The number of amides is 2. The summed E-state index contributed by atoms with van der Waals surface area (Å²) >= 11 is 0. The third kappa shape index (κ3) is 2.16. The molecule has 0 spiro atoms. The van der Waals surface area contributed by atoms with Crippen LogP contribution in [0.5, 0.6) is 0 Å². The Hall–Kier alpha value is -1.70. The summed E-state index contributed by atoms with van der Waals surface area (Å²) in [4.78, 5) is 23.4. The summed E-state index contributed by atoms with van der Waals surface area (Å²) in [7, 11) is 0. The zero-order chi connectivity index (χ0) is 10.6.